The first-order chi connectivity index (χ1) is 16.7. The Bertz CT molecular complexity index is 1560. The molecular formula is C25H16ClN3O5S. The smallest absolute Gasteiger partial charge is 0.301 e. The highest BCUT2D eigenvalue weighted by atomic mass is 35.5. The van der Waals surface area contributed by atoms with E-state index in [4.69, 9.17) is 11.6 Å². The van der Waals surface area contributed by atoms with E-state index in [1.807, 2.05) is 19.1 Å². The van der Waals surface area contributed by atoms with Gasteiger partial charge in [0.25, 0.3) is 11.5 Å². The zero-order valence-electron chi connectivity index (χ0n) is 18.1. The highest BCUT2D eigenvalue weighted by Gasteiger charge is 2.48. The van der Waals surface area contributed by atoms with Crippen LogP contribution in [0.2, 0.25) is 5.02 Å². The van der Waals surface area contributed by atoms with Crippen LogP contribution in [-0.2, 0) is 9.59 Å². The second-order valence-corrected chi connectivity index (χ2v) is 9.44. The third-order valence-corrected chi connectivity index (χ3v) is 6.95. The van der Waals surface area contributed by atoms with E-state index in [-0.39, 0.29) is 16.8 Å². The minimum absolute atomic E-state index is 0.119. The molecule has 3 aromatic carbocycles. The van der Waals surface area contributed by atoms with Crippen molar-refractivity contribution in [1.29, 1.82) is 0 Å². The monoisotopic (exact) mass is 505 g/mol. The number of ketones is 1. The maximum absolute atomic E-state index is 13.3. The third-order valence-electron chi connectivity index (χ3n) is 5.70. The molecule has 0 radical (unpaired) electrons. The zero-order valence-corrected chi connectivity index (χ0v) is 19.7. The van der Waals surface area contributed by atoms with E-state index in [1.54, 1.807) is 30.3 Å². The number of nitro benzene ring substituents is 1. The molecule has 1 unspecified atom stereocenters. The number of aromatic nitrogens is 1. The minimum Gasteiger partial charge on any atom is -0.507 e. The molecule has 1 aliphatic rings. The number of anilines is 1. The van der Waals surface area contributed by atoms with Gasteiger partial charge in [-0.25, -0.2) is 4.98 Å². The van der Waals surface area contributed by atoms with Crippen molar-refractivity contribution in [3.8, 4) is 0 Å². The normalized spacial score (nSPS) is 17.3. The quantitative estimate of drug-likeness (QED) is 0.123. The van der Waals surface area contributed by atoms with Gasteiger partial charge >= 0.3 is 5.91 Å². The molecule has 8 nitrogen and oxygen atoms in total. The van der Waals surface area contributed by atoms with Crippen LogP contribution in [0.1, 0.15) is 22.7 Å². The van der Waals surface area contributed by atoms with Crippen molar-refractivity contribution >= 4 is 61.4 Å². The number of nitro groups is 1. The number of amides is 1. The van der Waals surface area contributed by atoms with E-state index in [0.717, 1.165) is 10.3 Å². The summed E-state index contributed by atoms with van der Waals surface area (Å²) in [5.74, 6) is -2.12. The lowest BCUT2D eigenvalue weighted by Crippen LogP contribution is -2.29. The summed E-state index contributed by atoms with van der Waals surface area (Å²) < 4.78 is 0.743. The first kappa shape index (κ1) is 22.7. The summed E-state index contributed by atoms with van der Waals surface area (Å²) >= 11 is 7.32. The number of aliphatic hydroxyl groups is 1. The fraction of sp³-hybridized carbons (Fsp3) is 0.0800. The summed E-state index contributed by atoms with van der Waals surface area (Å²) in [5.41, 5.74) is 2.04. The highest BCUT2D eigenvalue weighted by molar-refractivity contribution is 7.22. The molecule has 10 heteroatoms. The molecule has 0 bridgehead atoms. The Hall–Kier alpha value is -4.08. The lowest BCUT2D eigenvalue weighted by atomic mass is 9.94. The Morgan fingerprint density at radius 2 is 1.86 bits per heavy atom. The van der Waals surface area contributed by atoms with Gasteiger partial charge in [-0.15, -0.1) is 0 Å². The number of fused-ring (bicyclic) bond motifs is 1. The first-order valence-electron chi connectivity index (χ1n) is 10.4. The number of halogens is 1. The van der Waals surface area contributed by atoms with Crippen molar-refractivity contribution in [2.75, 3.05) is 4.90 Å². The van der Waals surface area contributed by atoms with Crippen LogP contribution in [0.25, 0.3) is 16.0 Å². The molecule has 0 aliphatic carbocycles. The van der Waals surface area contributed by atoms with Crippen molar-refractivity contribution in [3.05, 3.63) is 104 Å². The highest BCUT2D eigenvalue weighted by Crippen LogP contribution is 2.44. The molecular weight excluding hydrogens is 490 g/mol. The second kappa shape index (κ2) is 8.61. The molecule has 1 atom stereocenters. The number of rotatable bonds is 4. The van der Waals surface area contributed by atoms with Gasteiger partial charge in [-0.2, -0.15) is 0 Å². The number of hydrogen-bond donors (Lipinski definition) is 1. The van der Waals surface area contributed by atoms with E-state index in [1.165, 1.54) is 40.5 Å². The number of carbonyl (C=O) groups excluding carboxylic acids is 2. The predicted octanol–water partition coefficient (Wildman–Crippen LogP) is 5.79. The molecule has 4 aromatic rings. The Morgan fingerprint density at radius 3 is 2.54 bits per heavy atom. The molecule has 2 heterocycles. The summed E-state index contributed by atoms with van der Waals surface area (Å²) in [7, 11) is 0. The van der Waals surface area contributed by atoms with Crippen LogP contribution in [0.4, 0.5) is 10.8 Å². The van der Waals surface area contributed by atoms with Crippen molar-refractivity contribution in [3.63, 3.8) is 0 Å². The number of aryl methyl sites for hydroxylation is 1. The van der Waals surface area contributed by atoms with E-state index in [0.29, 0.717) is 21.2 Å². The fourth-order valence-electron chi connectivity index (χ4n) is 4.07. The van der Waals surface area contributed by atoms with Crippen molar-refractivity contribution in [2.45, 2.75) is 13.0 Å². The minimum atomic E-state index is -0.943. The SMILES string of the molecule is Cc1cccc(C2/C(=C(\O)c3ccc([N+](=O)[O-])cc3)C(=O)C(=O)N2c2nc3ccc(Cl)cc3s2)c1. The summed E-state index contributed by atoms with van der Waals surface area (Å²) in [6.07, 6.45) is 0. The summed E-state index contributed by atoms with van der Waals surface area (Å²) in [6.45, 7) is 1.88. The Labute approximate surface area is 207 Å². The first-order valence-corrected chi connectivity index (χ1v) is 11.6. The van der Waals surface area contributed by atoms with Crippen LogP contribution < -0.4 is 4.90 Å². The number of thiazole rings is 1. The molecule has 1 N–H and O–H groups in total. The number of carbonyl (C=O) groups is 2. The fourth-order valence-corrected chi connectivity index (χ4v) is 5.34. The van der Waals surface area contributed by atoms with Crippen molar-refractivity contribution in [1.82, 2.24) is 4.98 Å². The number of nitrogens with zero attached hydrogens (tertiary/aromatic N) is 3. The van der Waals surface area contributed by atoms with E-state index < -0.39 is 28.4 Å². The predicted molar refractivity (Wildman–Crippen MR) is 134 cm³/mol. The van der Waals surface area contributed by atoms with E-state index in [9.17, 15) is 24.8 Å². The Morgan fingerprint density at radius 1 is 1.11 bits per heavy atom. The third kappa shape index (κ3) is 3.94. The summed E-state index contributed by atoms with van der Waals surface area (Å²) in [4.78, 5) is 42.8. The average Bonchev–Trinajstić information content (AvgIpc) is 3.36. The van der Waals surface area contributed by atoms with Crippen LogP contribution in [0.3, 0.4) is 0 Å². The van der Waals surface area contributed by atoms with Gasteiger partial charge in [0, 0.05) is 22.7 Å². The summed E-state index contributed by atoms with van der Waals surface area (Å²) in [5, 5.41) is 23.0. The number of benzene rings is 3. The molecule has 1 saturated heterocycles. The average molecular weight is 506 g/mol. The van der Waals surface area contributed by atoms with Crippen molar-refractivity contribution in [2.24, 2.45) is 0 Å². The molecule has 1 amide bonds. The molecule has 1 aromatic heterocycles. The topological polar surface area (TPSA) is 114 Å². The number of non-ortho nitro benzene ring substituents is 1. The van der Waals surface area contributed by atoms with Crippen molar-refractivity contribution < 1.29 is 19.6 Å². The van der Waals surface area contributed by atoms with Gasteiger partial charge in [-0.3, -0.25) is 24.6 Å². The molecule has 0 saturated carbocycles. The van der Waals surface area contributed by atoms with Gasteiger partial charge in [0.1, 0.15) is 5.76 Å². The van der Waals surface area contributed by atoms with Gasteiger partial charge in [0.2, 0.25) is 0 Å². The van der Waals surface area contributed by atoms with E-state index >= 15 is 0 Å². The Balaban J connectivity index is 1.71. The zero-order chi connectivity index (χ0) is 24.9. The molecule has 174 valence electrons. The van der Waals surface area contributed by atoms with Gasteiger partial charge in [0.05, 0.1) is 26.8 Å². The maximum atomic E-state index is 13.3. The number of aliphatic hydroxyl groups excluding tert-OH is 1. The lowest BCUT2D eigenvalue weighted by Gasteiger charge is -2.23. The largest absolute Gasteiger partial charge is 0.507 e. The van der Waals surface area contributed by atoms with Crippen LogP contribution in [0.5, 0.6) is 0 Å². The number of Topliss-reactive ketones (excluding diaryl/α,β-unsaturated/α-hetero) is 1. The van der Waals surface area contributed by atoms with Gasteiger partial charge in [-0.05, 0) is 42.8 Å². The number of hydrogen-bond acceptors (Lipinski definition) is 7. The van der Waals surface area contributed by atoms with Crippen LogP contribution in [0, 0.1) is 17.0 Å². The van der Waals surface area contributed by atoms with Gasteiger partial charge in [-0.1, -0.05) is 52.8 Å². The molecule has 0 spiro atoms. The second-order valence-electron chi connectivity index (χ2n) is 8.00. The molecule has 1 aliphatic heterocycles. The van der Waals surface area contributed by atoms with Crippen LogP contribution in [0.15, 0.2) is 72.3 Å². The molecule has 1 fully saturated rings. The molecule has 35 heavy (non-hydrogen) atoms. The Kier molecular flexibility index (Phi) is 5.58. The maximum Gasteiger partial charge on any atom is 0.301 e. The summed E-state index contributed by atoms with van der Waals surface area (Å²) in [6, 6.07) is 16.6. The van der Waals surface area contributed by atoms with Crippen LogP contribution >= 0.6 is 22.9 Å². The van der Waals surface area contributed by atoms with Gasteiger partial charge < -0.3 is 5.11 Å². The van der Waals surface area contributed by atoms with Gasteiger partial charge in [0.15, 0.2) is 5.13 Å². The standard InChI is InChI=1S/C25H16ClN3O5S/c1-13-3-2-4-15(11-13)21-20(22(30)14-5-8-17(9-6-14)29(33)34)23(31)24(32)28(21)25-27-18-10-7-16(26)12-19(18)35-25/h2-12,21,30H,1H3/b22-20+. The molecule has 5 rings (SSSR count). The van der Waals surface area contributed by atoms with Crippen LogP contribution in [-0.4, -0.2) is 26.7 Å². The lowest BCUT2D eigenvalue weighted by molar-refractivity contribution is -0.384. The van der Waals surface area contributed by atoms with E-state index in [2.05, 4.69) is 4.98 Å².